The lowest BCUT2D eigenvalue weighted by Crippen LogP contribution is -2.40. The van der Waals surface area contributed by atoms with Crippen LogP contribution < -0.4 is 0 Å². The highest BCUT2D eigenvalue weighted by Crippen LogP contribution is 2.26. The highest BCUT2D eigenvalue weighted by Gasteiger charge is 2.27. The van der Waals surface area contributed by atoms with E-state index in [4.69, 9.17) is 0 Å². The third-order valence-electron chi connectivity index (χ3n) is 5.20. The van der Waals surface area contributed by atoms with Gasteiger partial charge in [0.05, 0.1) is 0 Å². The van der Waals surface area contributed by atoms with E-state index in [0.29, 0.717) is 18.9 Å². The summed E-state index contributed by atoms with van der Waals surface area (Å²) in [5, 5.41) is 4.17. The number of carbonyl (C=O) groups is 1. The number of likely N-dealkylation sites (tertiary alicyclic amines) is 1. The van der Waals surface area contributed by atoms with Crippen LogP contribution in [0.5, 0.6) is 0 Å². The summed E-state index contributed by atoms with van der Waals surface area (Å²) >= 11 is 0. The number of aryl methyl sites for hydroxylation is 1. The van der Waals surface area contributed by atoms with Crippen LogP contribution in [0.2, 0.25) is 0 Å². The number of benzene rings is 1. The third-order valence-corrected chi connectivity index (χ3v) is 5.20. The Balaban J connectivity index is 1.40. The fraction of sp³-hybridized carbons (Fsp3) is 0.381. The molecule has 2 aromatic heterocycles. The Labute approximate surface area is 159 Å². The topological polar surface area (TPSA) is 56.0 Å². The molecule has 4 rings (SSSR count). The van der Waals surface area contributed by atoms with E-state index < -0.39 is 0 Å². The van der Waals surface area contributed by atoms with Crippen molar-refractivity contribution in [3.8, 4) is 0 Å². The molecule has 1 aliphatic heterocycles. The Kier molecular flexibility index (Phi) is 5.32. The third kappa shape index (κ3) is 4.27. The van der Waals surface area contributed by atoms with Gasteiger partial charge in [0.1, 0.15) is 5.82 Å². The zero-order valence-corrected chi connectivity index (χ0v) is 15.4. The first-order valence-electron chi connectivity index (χ1n) is 9.60. The van der Waals surface area contributed by atoms with E-state index in [-0.39, 0.29) is 5.91 Å². The van der Waals surface area contributed by atoms with Crippen LogP contribution in [-0.2, 0) is 17.9 Å². The summed E-state index contributed by atoms with van der Waals surface area (Å²) in [5.74, 6) is 1.59. The lowest BCUT2D eigenvalue weighted by atomic mass is 9.96. The molecule has 0 bridgehead atoms. The molecule has 6 nitrogen and oxygen atoms in total. The first kappa shape index (κ1) is 17.5. The molecule has 0 saturated carbocycles. The van der Waals surface area contributed by atoms with E-state index in [0.717, 1.165) is 38.3 Å². The molecule has 3 heterocycles. The molecular weight excluding hydrogens is 338 g/mol. The molecule has 0 aliphatic carbocycles. The van der Waals surface area contributed by atoms with Crippen LogP contribution >= 0.6 is 0 Å². The molecule has 1 fully saturated rings. The number of imidazole rings is 1. The summed E-state index contributed by atoms with van der Waals surface area (Å²) < 4.78 is 4.03. The number of rotatable bonds is 6. The summed E-state index contributed by atoms with van der Waals surface area (Å²) in [6.07, 6.45) is 10.1. The number of carbonyl (C=O) groups excluding carboxylic acids is 1. The molecule has 140 valence electrons. The van der Waals surface area contributed by atoms with Gasteiger partial charge in [-0.15, -0.1) is 0 Å². The molecule has 6 heteroatoms. The molecule has 1 atom stereocenters. The number of nitrogens with zero attached hydrogens (tertiary/aromatic N) is 5. The molecule has 1 unspecified atom stereocenters. The standard InChI is InChI=1S/C21H25N5O/c27-20(9-14-26-13-5-10-23-26)24-12-4-8-19(17-24)21-22-11-15-25(21)16-18-6-2-1-3-7-18/h1-3,5-7,10-11,13,15,19H,4,8-9,12,14,16-17H2. The number of piperidine rings is 1. The highest BCUT2D eigenvalue weighted by molar-refractivity contribution is 5.76. The highest BCUT2D eigenvalue weighted by atomic mass is 16.2. The van der Waals surface area contributed by atoms with Crippen molar-refractivity contribution >= 4 is 5.91 Å². The lowest BCUT2D eigenvalue weighted by Gasteiger charge is -2.33. The molecule has 3 aromatic rings. The predicted octanol–water partition coefficient (Wildman–Crippen LogP) is 2.92. The van der Waals surface area contributed by atoms with Crippen LogP contribution in [0.4, 0.5) is 0 Å². The van der Waals surface area contributed by atoms with Gasteiger partial charge >= 0.3 is 0 Å². The molecule has 1 aliphatic rings. The van der Waals surface area contributed by atoms with Crippen molar-refractivity contribution in [3.05, 3.63) is 72.6 Å². The van der Waals surface area contributed by atoms with Gasteiger partial charge in [-0.3, -0.25) is 9.48 Å². The monoisotopic (exact) mass is 363 g/mol. The Bertz CT molecular complexity index is 856. The van der Waals surface area contributed by atoms with E-state index in [9.17, 15) is 4.79 Å². The SMILES string of the molecule is O=C(CCn1cccn1)N1CCCC(c2nccn2Cc2ccccc2)C1. The average Bonchev–Trinajstić information content (AvgIpc) is 3.39. The van der Waals surface area contributed by atoms with Crippen molar-refractivity contribution in [1.29, 1.82) is 0 Å². The predicted molar refractivity (Wildman–Crippen MR) is 103 cm³/mol. The minimum Gasteiger partial charge on any atom is -0.342 e. The summed E-state index contributed by atoms with van der Waals surface area (Å²) in [6.45, 7) is 3.05. The second-order valence-corrected chi connectivity index (χ2v) is 7.10. The molecule has 0 N–H and O–H groups in total. The van der Waals surface area contributed by atoms with E-state index in [1.165, 1.54) is 5.56 Å². The van der Waals surface area contributed by atoms with Gasteiger partial charge < -0.3 is 9.47 Å². The maximum absolute atomic E-state index is 12.6. The molecule has 0 radical (unpaired) electrons. The van der Waals surface area contributed by atoms with Crippen LogP contribution in [0.3, 0.4) is 0 Å². The van der Waals surface area contributed by atoms with Gasteiger partial charge in [0.25, 0.3) is 0 Å². The number of hydrogen-bond donors (Lipinski definition) is 0. The summed E-state index contributed by atoms with van der Waals surface area (Å²) in [7, 11) is 0. The second kappa shape index (κ2) is 8.20. The Hall–Kier alpha value is -2.89. The number of amides is 1. The largest absolute Gasteiger partial charge is 0.342 e. The zero-order valence-electron chi connectivity index (χ0n) is 15.4. The molecule has 1 amide bonds. The molecule has 27 heavy (non-hydrogen) atoms. The summed E-state index contributed by atoms with van der Waals surface area (Å²) in [5.41, 5.74) is 1.26. The maximum atomic E-state index is 12.6. The van der Waals surface area contributed by atoms with Gasteiger partial charge in [0.15, 0.2) is 0 Å². The first-order chi connectivity index (χ1) is 13.3. The van der Waals surface area contributed by atoms with Crippen LogP contribution in [0.1, 0.15) is 36.6 Å². The zero-order chi connectivity index (χ0) is 18.5. The normalized spacial score (nSPS) is 17.2. The van der Waals surface area contributed by atoms with E-state index in [1.807, 2.05) is 40.3 Å². The van der Waals surface area contributed by atoms with Gasteiger partial charge in [-0.25, -0.2) is 4.98 Å². The molecule has 1 aromatic carbocycles. The van der Waals surface area contributed by atoms with Crippen molar-refractivity contribution in [2.45, 2.75) is 38.3 Å². The second-order valence-electron chi connectivity index (χ2n) is 7.10. The molecule has 0 spiro atoms. The van der Waals surface area contributed by atoms with Crippen LogP contribution in [-0.4, -0.2) is 43.2 Å². The van der Waals surface area contributed by atoms with Gasteiger partial charge in [0.2, 0.25) is 5.91 Å². The quantitative estimate of drug-likeness (QED) is 0.677. The lowest BCUT2D eigenvalue weighted by molar-refractivity contribution is -0.132. The van der Waals surface area contributed by atoms with Gasteiger partial charge in [-0.05, 0) is 24.5 Å². The van der Waals surface area contributed by atoms with Crippen LogP contribution in [0.25, 0.3) is 0 Å². The van der Waals surface area contributed by atoms with E-state index >= 15 is 0 Å². The molecular formula is C21H25N5O. The number of aromatic nitrogens is 4. The Morgan fingerprint density at radius 3 is 2.81 bits per heavy atom. The minimum absolute atomic E-state index is 0.205. The van der Waals surface area contributed by atoms with Crippen molar-refractivity contribution in [2.24, 2.45) is 0 Å². The van der Waals surface area contributed by atoms with Crippen LogP contribution in [0.15, 0.2) is 61.2 Å². The smallest absolute Gasteiger partial charge is 0.224 e. The summed E-state index contributed by atoms with van der Waals surface area (Å²) in [4.78, 5) is 19.3. The number of hydrogen-bond acceptors (Lipinski definition) is 3. The minimum atomic E-state index is 0.205. The Morgan fingerprint density at radius 1 is 1.11 bits per heavy atom. The van der Waals surface area contributed by atoms with Crippen LogP contribution in [0, 0.1) is 0 Å². The fourth-order valence-electron chi connectivity index (χ4n) is 3.81. The van der Waals surface area contributed by atoms with Gasteiger partial charge in [0, 0.05) is 63.3 Å². The maximum Gasteiger partial charge on any atom is 0.224 e. The Morgan fingerprint density at radius 2 is 2.00 bits per heavy atom. The van der Waals surface area contributed by atoms with Crippen molar-refractivity contribution in [2.75, 3.05) is 13.1 Å². The van der Waals surface area contributed by atoms with E-state index in [1.54, 1.807) is 6.20 Å². The van der Waals surface area contributed by atoms with E-state index in [2.05, 4.69) is 38.9 Å². The van der Waals surface area contributed by atoms with Gasteiger partial charge in [-0.1, -0.05) is 30.3 Å². The molecule has 1 saturated heterocycles. The first-order valence-corrected chi connectivity index (χ1v) is 9.60. The summed E-state index contributed by atoms with van der Waals surface area (Å²) in [6, 6.07) is 12.3. The van der Waals surface area contributed by atoms with Crippen molar-refractivity contribution in [1.82, 2.24) is 24.2 Å². The average molecular weight is 363 g/mol. The fourth-order valence-corrected chi connectivity index (χ4v) is 3.81. The van der Waals surface area contributed by atoms with Gasteiger partial charge in [-0.2, -0.15) is 5.10 Å². The van der Waals surface area contributed by atoms with Crippen molar-refractivity contribution < 1.29 is 4.79 Å². The van der Waals surface area contributed by atoms with Crippen molar-refractivity contribution in [3.63, 3.8) is 0 Å².